The fourth-order valence-electron chi connectivity index (χ4n) is 2.50. The molecule has 0 saturated carbocycles. The standard InChI is InChI=1S/C19H20N2S/c1-4-14(2)16-10-6-7-11-17(16)20-19-21(3)13-15-9-5-8-12-18(15)22-19/h4-12H,13H2,1-3H3/b14-4-,20-19?. The van der Waals surface area contributed by atoms with E-state index < -0.39 is 0 Å². The summed E-state index contributed by atoms with van der Waals surface area (Å²) in [7, 11) is 2.10. The summed E-state index contributed by atoms with van der Waals surface area (Å²) >= 11 is 1.74. The zero-order valence-electron chi connectivity index (χ0n) is 13.2. The Kier molecular flexibility index (Phi) is 4.34. The van der Waals surface area contributed by atoms with Crippen molar-refractivity contribution in [3.8, 4) is 0 Å². The monoisotopic (exact) mass is 308 g/mol. The molecule has 0 atom stereocenters. The van der Waals surface area contributed by atoms with Crippen LogP contribution in [0.1, 0.15) is 25.0 Å². The van der Waals surface area contributed by atoms with Crippen LogP contribution in [0, 0.1) is 0 Å². The van der Waals surface area contributed by atoms with E-state index in [1.54, 1.807) is 11.8 Å². The second-order valence-electron chi connectivity index (χ2n) is 5.45. The van der Waals surface area contributed by atoms with Crippen LogP contribution in [0.4, 0.5) is 5.69 Å². The Bertz CT molecular complexity index is 747. The summed E-state index contributed by atoms with van der Waals surface area (Å²) in [6.45, 7) is 5.11. The Hall–Kier alpha value is -2.00. The predicted molar refractivity (Wildman–Crippen MR) is 96.6 cm³/mol. The van der Waals surface area contributed by atoms with Gasteiger partial charge < -0.3 is 4.90 Å². The number of nitrogens with zero attached hydrogens (tertiary/aromatic N) is 2. The van der Waals surface area contributed by atoms with Gasteiger partial charge in [0.25, 0.3) is 0 Å². The summed E-state index contributed by atoms with van der Waals surface area (Å²) < 4.78 is 0. The molecule has 0 bridgehead atoms. The molecular formula is C19H20N2S. The van der Waals surface area contributed by atoms with Gasteiger partial charge in [-0.2, -0.15) is 0 Å². The minimum Gasteiger partial charge on any atom is -0.350 e. The summed E-state index contributed by atoms with van der Waals surface area (Å²) in [6.07, 6.45) is 2.13. The molecule has 3 heteroatoms. The highest BCUT2D eigenvalue weighted by atomic mass is 32.2. The van der Waals surface area contributed by atoms with Gasteiger partial charge >= 0.3 is 0 Å². The highest BCUT2D eigenvalue weighted by molar-refractivity contribution is 8.14. The van der Waals surface area contributed by atoms with Gasteiger partial charge in [-0.05, 0) is 37.1 Å². The molecule has 0 spiro atoms. The van der Waals surface area contributed by atoms with Crippen LogP contribution in [0.5, 0.6) is 0 Å². The van der Waals surface area contributed by atoms with Crippen molar-refractivity contribution in [2.24, 2.45) is 4.99 Å². The first-order chi connectivity index (χ1) is 10.7. The average Bonchev–Trinajstić information content (AvgIpc) is 2.55. The van der Waals surface area contributed by atoms with Crippen LogP contribution in [0.2, 0.25) is 0 Å². The molecule has 1 aliphatic rings. The van der Waals surface area contributed by atoms with Crippen LogP contribution in [0.25, 0.3) is 5.57 Å². The van der Waals surface area contributed by atoms with E-state index in [4.69, 9.17) is 4.99 Å². The summed E-state index contributed by atoms with van der Waals surface area (Å²) in [6, 6.07) is 16.9. The molecule has 2 nitrogen and oxygen atoms in total. The molecule has 112 valence electrons. The SMILES string of the molecule is C/C=C(/C)c1ccccc1N=C1Sc2ccccc2CN1C. The largest absolute Gasteiger partial charge is 0.350 e. The number of fused-ring (bicyclic) bond motifs is 1. The van der Waals surface area contributed by atoms with E-state index in [1.165, 1.54) is 21.6 Å². The quantitative estimate of drug-likeness (QED) is 0.744. The maximum absolute atomic E-state index is 4.93. The Morgan fingerprint density at radius 1 is 1.14 bits per heavy atom. The van der Waals surface area contributed by atoms with Crippen molar-refractivity contribution in [1.29, 1.82) is 0 Å². The molecule has 0 N–H and O–H groups in total. The number of hydrogen-bond donors (Lipinski definition) is 0. The van der Waals surface area contributed by atoms with Crippen molar-refractivity contribution in [1.82, 2.24) is 4.90 Å². The summed E-state index contributed by atoms with van der Waals surface area (Å²) in [4.78, 5) is 8.45. The van der Waals surface area contributed by atoms with E-state index in [0.29, 0.717) is 0 Å². The molecular weight excluding hydrogens is 288 g/mol. The van der Waals surface area contributed by atoms with Crippen LogP contribution in [0.3, 0.4) is 0 Å². The van der Waals surface area contributed by atoms with E-state index in [0.717, 1.165) is 17.4 Å². The maximum atomic E-state index is 4.93. The van der Waals surface area contributed by atoms with Crippen molar-refractivity contribution < 1.29 is 0 Å². The highest BCUT2D eigenvalue weighted by Gasteiger charge is 2.19. The van der Waals surface area contributed by atoms with Crippen LogP contribution >= 0.6 is 11.8 Å². The van der Waals surface area contributed by atoms with Crippen LogP contribution < -0.4 is 0 Å². The molecule has 0 fully saturated rings. The second kappa shape index (κ2) is 6.41. The average molecular weight is 308 g/mol. The van der Waals surface area contributed by atoms with Gasteiger partial charge in [0.2, 0.25) is 0 Å². The van der Waals surface area contributed by atoms with Gasteiger partial charge in [0, 0.05) is 24.1 Å². The van der Waals surface area contributed by atoms with Gasteiger partial charge in [-0.3, -0.25) is 0 Å². The second-order valence-corrected chi connectivity index (χ2v) is 6.46. The molecule has 1 aliphatic heterocycles. The third kappa shape index (κ3) is 2.95. The number of hydrogen-bond acceptors (Lipinski definition) is 2. The fourth-order valence-corrected chi connectivity index (χ4v) is 3.48. The molecule has 0 radical (unpaired) electrons. The molecule has 0 aliphatic carbocycles. The summed E-state index contributed by atoms with van der Waals surface area (Å²) in [5.74, 6) is 0. The summed E-state index contributed by atoms with van der Waals surface area (Å²) in [5.41, 5.74) is 4.85. The van der Waals surface area contributed by atoms with Gasteiger partial charge in [0.15, 0.2) is 5.17 Å². The van der Waals surface area contributed by atoms with E-state index in [1.807, 2.05) is 6.07 Å². The third-order valence-electron chi connectivity index (χ3n) is 3.89. The number of para-hydroxylation sites is 1. The van der Waals surface area contributed by atoms with E-state index >= 15 is 0 Å². The van der Waals surface area contributed by atoms with Gasteiger partial charge in [0.1, 0.15) is 0 Å². The van der Waals surface area contributed by atoms with E-state index in [-0.39, 0.29) is 0 Å². The lowest BCUT2D eigenvalue weighted by Crippen LogP contribution is -2.27. The first-order valence-electron chi connectivity index (χ1n) is 7.47. The first kappa shape index (κ1) is 14.9. The molecule has 2 aromatic carbocycles. The number of rotatable bonds is 2. The van der Waals surface area contributed by atoms with Crippen molar-refractivity contribution in [3.05, 3.63) is 65.7 Å². The van der Waals surface area contributed by atoms with Gasteiger partial charge in [-0.15, -0.1) is 0 Å². The molecule has 22 heavy (non-hydrogen) atoms. The molecule has 0 saturated heterocycles. The lowest BCUT2D eigenvalue weighted by Gasteiger charge is -2.27. The zero-order chi connectivity index (χ0) is 15.5. The smallest absolute Gasteiger partial charge is 0.169 e. The molecule has 3 rings (SSSR count). The Morgan fingerprint density at radius 2 is 1.86 bits per heavy atom. The van der Waals surface area contributed by atoms with Crippen LogP contribution in [-0.4, -0.2) is 17.1 Å². The van der Waals surface area contributed by atoms with E-state index in [9.17, 15) is 0 Å². The lowest BCUT2D eigenvalue weighted by molar-refractivity contribution is 0.501. The van der Waals surface area contributed by atoms with Crippen molar-refractivity contribution in [2.45, 2.75) is 25.3 Å². The predicted octanol–water partition coefficient (Wildman–Crippen LogP) is 5.34. The summed E-state index contributed by atoms with van der Waals surface area (Å²) in [5, 5.41) is 1.05. The zero-order valence-corrected chi connectivity index (χ0v) is 14.0. The topological polar surface area (TPSA) is 15.6 Å². The highest BCUT2D eigenvalue weighted by Crippen LogP contribution is 2.34. The molecule has 1 heterocycles. The van der Waals surface area contributed by atoms with Crippen molar-refractivity contribution in [2.75, 3.05) is 7.05 Å². The normalized spacial score (nSPS) is 16.8. The molecule has 0 unspecified atom stereocenters. The molecule has 0 aromatic heterocycles. The first-order valence-corrected chi connectivity index (χ1v) is 8.28. The Labute approximate surface area is 136 Å². The van der Waals surface area contributed by atoms with Gasteiger partial charge in [-0.1, -0.05) is 54.2 Å². The van der Waals surface area contributed by atoms with Gasteiger partial charge in [-0.25, -0.2) is 4.99 Å². The lowest BCUT2D eigenvalue weighted by atomic mass is 10.1. The number of thioether (sulfide) groups is 1. The van der Waals surface area contributed by atoms with Crippen LogP contribution in [0.15, 0.2) is 64.5 Å². The number of aliphatic imine (C=N–C) groups is 1. The number of amidine groups is 1. The van der Waals surface area contributed by atoms with Crippen LogP contribution in [-0.2, 0) is 6.54 Å². The van der Waals surface area contributed by atoms with Gasteiger partial charge in [0.05, 0.1) is 5.69 Å². The Balaban J connectivity index is 2.00. The Morgan fingerprint density at radius 3 is 2.68 bits per heavy atom. The number of allylic oxidation sites excluding steroid dienone is 2. The van der Waals surface area contributed by atoms with E-state index in [2.05, 4.69) is 74.3 Å². The molecule has 2 aromatic rings. The molecule has 0 amide bonds. The number of benzene rings is 2. The third-order valence-corrected chi connectivity index (χ3v) is 5.09. The van der Waals surface area contributed by atoms with Crippen molar-refractivity contribution in [3.63, 3.8) is 0 Å². The minimum atomic E-state index is 0.909. The fraction of sp³-hybridized carbons (Fsp3) is 0.211. The van der Waals surface area contributed by atoms with Crippen molar-refractivity contribution >= 4 is 28.2 Å². The maximum Gasteiger partial charge on any atom is 0.169 e. The minimum absolute atomic E-state index is 0.909.